The van der Waals surface area contributed by atoms with Crippen LogP contribution < -0.4 is 10.6 Å². The summed E-state index contributed by atoms with van der Waals surface area (Å²) in [4.78, 5) is 17.2. The maximum atomic E-state index is 12.1. The van der Waals surface area contributed by atoms with E-state index in [9.17, 15) is 4.79 Å². The molecule has 2 heterocycles. The van der Waals surface area contributed by atoms with Crippen molar-refractivity contribution in [3.63, 3.8) is 0 Å². The number of pyridine rings is 1. The summed E-state index contributed by atoms with van der Waals surface area (Å²) >= 11 is 7.34. The van der Waals surface area contributed by atoms with Crippen LogP contribution in [0.15, 0.2) is 30.5 Å². The van der Waals surface area contributed by atoms with E-state index in [1.54, 1.807) is 25.4 Å². The average Bonchev–Trinajstić information content (AvgIpc) is 2.85. The minimum atomic E-state index is -0.200. The first-order valence-electron chi connectivity index (χ1n) is 5.80. The molecular weight excluding hydrogens is 282 g/mol. The van der Waals surface area contributed by atoms with Crippen LogP contribution >= 0.6 is 22.9 Å². The number of hydrogen-bond donors (Lipinski definition) is 2. The molecule has 0 saturated heterocycles. The predicted molar refractivity (Wildman–Crippen MR) is 79.0 cm³/mol. The molecule has 2 N–H and O–H groups in total. The van der Waals surface area contributed by atoms with Crippen LogP contribution in [0.25, 0.3) is 0 Å². The Labute approximate surface area is 120 Å². The Kier molecular flexibility index (Phi) is 4.39. The third-order valence-electron chi connectivity index (χ3n) is 2.65. The molecule has 2 aromatic heterocycles. The zero-order valence-corrected chi connectivity index (χ0v) is 12.2. The fourth-order valence-electron chi connectivity index (χ4n) is 1.61. The van der Waals surface area contributed by atoms with Crippen LogP contribution in [0.2, 0.25) is 4.34 Å². The third-order valence-corrected chi connectivity index (χ3v) is 4.06. The van der Waals surface area contributed by atoms with Gasteiger partial charge in [-0.05, 0) is 31.2 Å². The first kappa shape index (κ1) is 13.8. The first-order chi connectivity index (χ1) is 9.10. The summed E-state index contributed by atoms with van der Waals surface area (Å²) in [5.41, 5.74) is 1.24. The maximum Gasteiger partial charge on any atom is 0.270 e. The van der Waals surface area contributed by atoms with Crippen LogP contribution in [0.5, 0.6) is 0 Å². The van der Waals surface area contributed by atoms with Crippen LogP contribution in [0.1, 0.15) is 28.3 Å². The van der Waals surface area contributed by atoms with E-state index in [0.717, 1.165) is 10.6 Å². The Morgan fingerprint density at radius 2 is 2.21 bits per heavy atom. The summed E-state index contributed by atoms with van der Waals surface area (Å²) in [6.45, 7) is 1.92. The molecule has 0 aromatic carbocycles. The highest BCUT2D eigenvalue weighted by molar-refractivity contribution is 7.16. The lowest BCUT2D eigenvalue weighted by Crippen LogP contribution is -2.26. The minimum absolute atomic E-state index is 0.0926. The van der Waals surface area contributed by atoms with Crippen molar-refractivity contribution in [1.29, 1.82) is 0 Å². The van der Waals surface area contributed by atoms with Crippen molar-refractivity contribution in [2.75, 3.05) is 12.4 Å². The van der Waals surface area contributed by atoms with Crippen LogP contribution in [0.4, 0.5) is 5.69 Å². The summed E-state index contributed by atoms with van der Waals surface area (Å²) in [5.74, 6) is -0.200. The van der Waals surface area contributed by atoms with Gasteiger partial charge >= 0.3 is 0 Å². The Hall–Kier alpha value is -1.59. The van der Waals surface area contributed by atoms with Crippen molar-refractivity contribution >= 4 is 34.5 Å². The molecule has 1 amide bonds. The second kappa shape index (κ2) is 6.04. The number of nitrogens with one attached hydrogen (secondary N) is 2. The minimum Gasteiger partial charge on any atom is -0.388 e. The van der Waals surface area contributed by atoms with Gasteiger partial charge in [0.15, 0.2) is 0 Å². The quantitative estimate of drug-likeness (QED) is 0.910. The molecule has 100 valence electrons. The van der Waals surface area contributed by atoms with Gasteiger partial charge in [0, 0.05) is 23.8 Å². The molecular formula is C13H14ClN3OS. The van der Waals surface area contributed by atoms with Crippen molar-refractivity contribution in [2.45, 2.75) is 13.0 Å². The molecule has 4 nitrogen and oxygen atoms in total. The van der Waals surface area contributed by atoms with Gasteiger partial charge in [0.1, 0.15) is 5.69 Å². The van der Waals surface area contributed by atoms with Gasteiger partial charge in [-0.2, -0.15) is 0 Å². The van der Waals surface area contributed by atoms with Crippen molar-refractivity contribution in [3.8, 4) is 0 Å². The molecule has 2 aromatic rings. The lowest BCUT2D eigenvalue weighted by atomic mass is 10.2. The van der Waals surface area contributed by atoms with Gasteiger partial charge in [0.05, 0.1) is 10.4 Å². The summed E-state index contributed by atoms with van der Waals surface area (Å²) in [6.07, 6.45) is 1.60. The molecule has 0 fully saturated rings. The van der Waals surface area contributed by atoms with E-state index in [1.807, 2.05) is 19.1 Å². The van der Waals surface area contributed by atoms with Gasteiger partial charge < -0.3 is 10.6 Å². The number of thiophene rings is 1. The number of carbonyl (C=O) groups is 1. The van der Waals surface area contributed by atoms with Crippen molar-refractivity contribution in [3.05, 3.63) is 45.4 Å². The monoisotopic (exact) mass is 295 g/mol. The van der Waals surface area contributed by atoms with Crippen molar-refractivity contribution in [2.24, 2.45) is 0 Å². The standard InChI is InChI=1S/C13H14ClN3OS/c1-8(11-3-4-12(14)19-11)17-13(18)10-7-9(15-2)5-6-16-10/h3-8H,1-2H3,(H,15,16)(H,17,18). The fraction of sp³-hybridized carbons (Fsp3) is 0.231. The lowest BCUT2D eigenvalue weighted by Gasteiger charge is -2.12. The van der Waals surface area contributed by atoms with E-state index in [0.29, 0.717) is 10.0 Å². The van der Waals surface area contributed by atoms with Crippen molar-refractivity contribution in [1.82, 2.24) is 10.3 Å². The van der Waals surface area contributed by atoms with Crippen LogP contribution in [0.3, 0.4) is 0 Å². The van der Waals surface area contributed by atoms with Crippen LogP contribution in [-0.4, -0.2) is 17.9 Å². The molecule has 19 heavy (non-hydrogen) atoms. The molecule has 0 aliphatic heterocycles. The van der Waals surface area contributed by atoms with E-state index in [1.165, 1.54) is 11.3 Å². The molecule has 0 spiro atoms. The van der Waals surface area contributed by atoms with Crippen LogP contribution in [-0.2, 0) is 0 Å². The van der Waals surface area contributed by atoms with E-state index in [-0.39, 0.29) is 11.9 Å². The molecule has 0 bridgehead atoms. The number of halogens is 1. The normalized spacial score (nSPS) is 11.9. The third kappa shape index (κ3) is 3.45. The average molecular weight is 296 g/mol. The number of hydrogen-bond acceptors (Lipinski definition) is 4. The van der Waals surface area contributed by atoms with E-state index in [2.05, 4.69) is 15.6 Å². The van der Waals surface area contributed by atoms with Gasteiger partial charge in [0.2, 0.25) is 0 Å². The molecule has 1 unspecified atom stereocenters. The molecule has 2 rings (SSSR count). The second-order valence-corrected chi connectivity index (χ2v) is 5.76. The predicted octanol–water partition coefficient (Wildman–Crippen LogP) is 3.33. The van der Waals surface area contributed by atoms with Gasteiger partial charge in [0.25, 0.3) is 5.91 Å². The van der Waals surface area contributed by atoms with E-state index >= 15 is 0 Å². The zero-order valence-electron chi connectivity index (χ0n) is 10.6. The summed E-state index contributed by atoms with van der Waals surface area (Å²) in [6, 6.07) is 7.16. The second-order valence-electron chi connectivity index (χ2n) is 4.02. The van der Waals surface area contributed by atoms with Gasteiger partial charge in [-0.1, -0.05) is 11.6 Å². The number of carbonyl (C=O) groups excluding carboxylic acids is 1. The van der Waals surface area contributed by atoms with Crippen molar-refractivity contribution < 1.29 is 4.79 Å². The summed E-state index contributed by atoms with van der Waals surface area (Å²) < 4.78 is 0.714. The number of nitrogens with zero attached hydrogens (tertiary/aromatic N) is 1. The highest BCUT2D eigenvalue weighted by Crippen LogP contribution is 2.26. The Morgan fingerprint density at radius 3 is 2.84 bits per heavy atom. The first-order valence-corrected chi connectivity index (χ1v) is 6.99. The van der Waals surface area contributed by atoms with Crippen LogP contribution in [0, 0.1) is 0 Å². The highest BCUT2D eigenvalue weighted by atomic mass is 35.5. The zero-order chi connectivity index (χ0) is 13.8. The topological polar surface area (TPSA) is 54.0 Å². The van der Waals surface area contributed by atoms with E-state index < -0.39 is 0 Å². The van der Waals surface area contributed by atoms with E-state index in [4.69, 9.17) is 11.6 Å². The molecule has 0 saturated carbocycles. The number of rotatable bonds is 4. The lowest BCUT2D eigenvalue weighted by molar-refractivity contribution is 0.0935. The highest BCUT2D eigenvalue weighted by Gasteiger charge is 2.14. The molecule has 6 heteroatoms. The molecule has 0 aliphatic carbocycles. The maximum absolute atomic E-state index is 12.1. The molecule has 0 radical (unpaired) electrons. The number of aromatic nitrogens is 1. The molecule has 0 aliphatic rings. The van der Waals surface area contributed by atoms with Gasteiger partial charge in [-0.25, -0.2) is 0 Å². The Balaban J connectivity index is 2.08. The Morgan fingerprint density at radius 1 is 1.42 bits per heavy atom. The largest absolute Gasteiger partial charge is 0.388 e. The fourth-order valence-corrected chi connectivity index (χ4v) is 2.68. The number of amides is 1. The Bertz CT molecular complexity index is 585. The summed E-state index contributed by atoms with van der Waals surface area (Å²) in [7, 11) is 1.80. The molecule has 1 atom stereocenters. The van der Waals surface area contributed by atoms with Gasteiger partial charge in [-0.15, -0.1) is 11.3 Å². The summed E-state index contributed by atoms with van der Waals surface area (Å²) in [5, 5.41) is 5.87. The SMILES string of the molecule is CNc1ccnc(C(=O)NC(C)c2ccc(Cl)s2)c1. The smallest absolute Gasteiger partial charge is 0.270 e. The van der Waals surface area contributed by atoms with Gasteiger partial charge in [-0.3, -0.25) is 9.78 Å². The number of anilines is 1.